The van der Waals surface area contributed by atoms with Crippen LogP contribution in [0, 0.1) is 0 Å². The van der Waals surface area contributed by atoms with Gasteiger partial charge in [-0.3, -0.25) is 0 Å². The van der Waals surface area contributed by atoms with Crippen molar-refractivity contribution in [3.63, 3.8) is 0 Å². The number of benzene rings is 1. The number of hydrogen-bond acceptors (Lipinski definition) is 2. The third-order valence-electron chi connectivity index (χ3n) is 1.59. The molecule has 0 heterocycles. The summed E-state index contributed by atoms with van der Waals surface area (Å²) in [7, 11) is 1.61. The molecule has 0 bridgehead atoms. The van der Waals surface area contributed by atoms with Crippen LogP contribution in [0.1, 0.15) is 6.92 Å². The zero-order valence-electron chi connectivity index (χ0n) is 8.44. The molecule has 2 nitrogen and oxygen atoms in total. The summed E-state index contributed by atoms with van der Waals surface area (Å²) in [6.45, 7) is 1.94. The number of hydrogen-bond donors (Lipinski definition) is 0. The van der Waals surface area contributed by atoms with E-state index in [2.05, 4.69) is 0 Å². The monoisotopic (exact) mass is 190 g/mol. The van der Waals surface area contributed by atoms with E-state index in [-0.39, 0.29) is 0 Å². The Morgan fingerprint density at radius 2 is 1.93 bits per heavy atom. The molecule has 0 radical (unpaired) electrons. The first-order chi connectivity index (χ1) is 6.83. The van der Waals surface area contributed by atoms with Gasteiger partial charge in [-0.15, -0.1) is 0 Å². The van der Waals surface area contributed by atoms with Gasteiger partial charge >= 0.3 is 0 Å². The first-order valence-electron chi connectivity index (χ1n) is 4.41. The summed E-state index contributed by atoms with van der Waals surface area (Å²) in [5.74, 6) is 0.831. The predicted molar refractivity (Wildman–Crippen MR) is 57.0 cm³/mol. The van der Waals surface area contributed by atoms with E-state index in [1.807, 2.05) is 43.3 Å². The van der Waals surface area contributed by atoms with Crippen LogP contribution in [0.3, 0.4) is 0 Å². The van der Waals surface area contributed by atoms with Crippen molar-refractivity contribution in [3.05, 3.63) is 54.5 Å². The summed E-state index contributed by atoms with van der Waals surface area (Å²) in [5.41, 5.74) is 0.996. The van der Waals surface area contributed by atoms with E-state index < -0.39 is 0 Å². The molecule has 0 N–H and O–H groups in total. The third kappa shape index (κ3) is 3.81. The molecule has 1 aromatic carbocycles. The van der Waals surface area contributed by atoms with Crippen LogP contribution >= 0.6 is 0 Å². The number of methoxy groups -OCH3 is 1. The standard InChI is InChI=1S/C12H14O2/c1-11(8-9-13-2)10-14-12-6-4-3-5-7-12/h3-10H,1-2H3/b9-8+,11-10-. The first-order valence-corrected chi connectivity index (χ1v) is 4.41. The van der Waals surface area contributed by atoms with Crippen molar-refractivity contribution in [2.75, 3.05) is 7.11 Å². The molecule has 0 amide bonds. The first kappa shape index (κ1) is 10.4. The molecular weight excluding hydrogens is 176 g/mol. The molecule has 74 valence electrons. The Balaban J connectivity index is 2.51. The fourth-order valence-corrected chi connectivity index (χ4v) is 0.875. The third-order valence-corrected chi connectivity index (χ3v) is 1.59. The van der Waals surface area contributed by atoms with Crippen molar-refractivity contribution in [2.24, 2.45) is 0 Å². The Hall–Kier alpha value is -1.70. The van der Waals surface area contributed by atoms with Gasteiger partial charge in [0, 0.05) is 0 Å². The molecule has 0 atom stereocenters. The van der Waals surface area contributed by atoms with Gasteiger partial charge in [-0.05, 0) is 30.7 Å². The Labute approximate surface area is 84.5 Å². The molecule has 1 aromatic rings. The van der Waals surface area contributed by atoms with Gasteiger partial charge in [0.2, 0.25) is 0 Å². The minimum absolute atomic E-state index is 0.831. The lowest BCUT2D eigenvalue weighted by Gasteiger charge is -1.99. The van der Waals surface area contributed by atoms with Crippen molar-refractivity contribution in [1.29, 1.82) is 0 Å². The predicted octanol–water partition coefficient (Wildman–Crippen LogP) is 3.13. The van der Waals surface area contributed by atoms with Crippen LogP contribution in [0.4, 0.5) is 0 Å². The zero-order valence-corrected chi connectivity index (χ0v) is 8.44. The van der Waals surface area contributed by atoms with Crippen molar-refractivity contribution < 1.29 is 9.47 Å². The lowest BCUT2D eigenvalue weighted by molar-refractivity contribution is 0.337. The van der Waals surface area contributed by atoms with E-state index in [0.717, 1.165) is 11.3 Å². The highest BCUT2D eigenvalue weighted by atomic mass is 16.5. The topological polar surface area (TPSA) is 18.5 Å². The number of para-hydroxylation sites is 1. The minimum Gasteiger partial charge on any atom is -0.504 e. The van der Waals surface area contributed by atoms with Crippen LogP contribution in [0.5, 0.6) is 5.75 Å². The highest BCUT2D eigenvalue weighted by molar-refractivity contribution is 5.23. The van der Waals surface area contributed by atoms with Crippen molar-refractivity contribution in [3.8, 4) is 5.75 Å². The van der Waals surface area contributed by atoms with Crippen LogP contribution in [0.15, 0.2) is 54.5 Å². The second-order valence-corrected chi connectivity index (χ2v) is 2.83. The maximum absolute atomic E-state index is 5.40. The molecule has 0 unspecified atom stereocenters. The quantitative estimate of drug-likeness (QED) is 0.536. The lowest BCUT2D eigenvalue weighted by atomic mass is 10.3. The molecule has 0 aliphatic carbocycles. The Morgan fingerprint density at radius 3 is 2.57 bits per heavy atom. The Kier molecular flexibility index (Phi) is 4.35. The summed E-state index contributed by atoms with van der Waals surface area (Å²) in [6, 6.07) is 9.63. The summed E-state index contributed by atoms with van der Waals surface area (Å²) in [4.78, 5) is 0. The van der Waals surface area contributed by atoms with E-state index in [4.69, 9.17) is 9.47 Å². The molecular formula is C12H14O2. The second kappa shape index (κ2) is 5.86. The maximum Gasteiger partial charge on any atom is 0.126 e. The van der Waals surface area contributed by atoms with Crippen LogP contribution < -0.4 is 4.74 Å². The summed E-state index contributed by atoms with van der Waals surface area (Å²) >= 11 is 0. The smallest absolute Gasteiger partial charge is 0.126 e. The van der Waals surface area contributed by atoms with Gasteiger partial charge < -0.3 is 9.47 Å². The van der Waals surface area contributed by atoms with Gasteiger partial charge in [0.05, 0.1) is 19.6 Å². The van der Waals surface area contributed by atoms with Crippen LogP contribution in [-0.2, 0) is 4.74 Å². The van der Waals surface area contributed by atoms with Gasteiger partial charge in [-0.25, -0.2) is 0 Å². The second-order valence-electron chi connectivity index (χ2n) is 2.83. The SMILES string of the molecule is CO/C=C/C(C)=C\Oc1ccccc1. The van der Waals surface area contributed by atoms with Gasteiger partial charge in [0.1, 0.15) is 5.75 Å². The highest BCUT2D eigenvalue weighted by Crippen LogP contribution is 2.09. The normalized spacial score (nSPS) is 11.7. The van der Waals surface area contributed by atoms with Gasteiger partial charge in [0.25, 0.3) is 0 Å². The van der Waals surface area contributed by atoms with Crippen LogP contribution in [-0.4, -0.2) is 7.11 Å². The summed E-state index contributed by atoms with van der Waals surface area (Å²) in [6.07, 6.45) is 5.13. The molecule has 0 fully saturated rings. The lowest BCUT2D eigenvalue weighted by Crippen LogP contribution is -1.83. The Bertz CT molecular complexity index is 312. The van der Waals surface area contributed by atoms with Crippen LogP contribution in [0.25, 0.3) is 0 Å². The highest BCUT2D eigenvalue weighted by Gasteiger charge is 1.87. The number of ether oxygens (including phenoxy) is 2. The fraction of sp³-hybridized carbons (Fsp3) is 0.167. The minimum atomic E-state index is 0.831. The largest absolute Gasteiger partial charge is 0.504 e. The maximum atomic E-state index is 5.40. The molecule has 0 saturated heterocycles. The molecule has 14 heavy (non-hydrogen) atoms. The number of allylic oxidation sites excluding steroid dienone is 2. The molecule has 0 spiro atoms. The van der Waals surface area contributed by atoms with Gasteiger partial charge in [-0.1, -0.05) is 18.2 Å². The molecule has 0 saturated carbocycles. The van der Waals surface area contributed by atoms with Gasteiger partial charge in [-0.2, -0.15) is 0 Å². The van der Waals surface area contributed by atoms with Crippen LogP contribution in [0.2, 0.25) is 0 Å². The van der Waals surface area contributed by atoms with Crippen molar-refractivity contribution in [1.82, 2.24) is 0 Å². The van der Waals surface area contributed by atoms with Crippen molar-refractivity contribution >= 4 is 0 Å². The van der Waals surface area contributed by atoms with E-state index in [1.165, 1.54) is 0 Å². The summed E-state index contributed by atoms with van der Waals surface area (Å²) < 4.78 is 10.2. The molecule has 2 heteroatoms. The van der Waals surface area contributed by atoms with E-state index in [1.54, 1.807) is 19.6 Å². The molecule has 0 aliphatic heterocycles. The number of rotatable bonds is 4. The average molecular weight is 190 g/mol. The fourth-order valence-electron chi connectivity index (χ4n) is 0.875. The Morgan fingerprint density at radius 1 is 1.21 bits per heavy atom. The molecule has 1 rings (SSSR count). The van der Waals surface area contributed by atoms with E-state index in [9.17, 15) is 0 Å². The zero-order chi connectivity index (χ0) is 10.2. The average Bonchev–Trinajstić information content (AvgIpc) is 2.25. The van der Waals surface area contributed by atoms with Gasteiger partial charge in [0.15, 0.2) is 0 Å². The van der Waals surface area contributed by atoms with E-state index in [0.29, 0.717) is 0 Å². The molecule has 0 aromatic heterocycles. The summed E-state index contributed by atoms with van der Waals surface area (Å²) in [5, 5.41) is 0. The molecule has 0 aliphatic rings. The van der Waals surface area contributed by atoms with E-state index >= 15 is 0 Å². The van der Waals surface area contributed by atoms with Crippen molar-refractivity contribution in [2.45, 2.75) is 6.92 Å².